The van der Waals surface area contributed by atoms with Crippen LogP contribution < -0.4 is 0 Å². The van der Waals surface area contributed by atoms with Gasteiger partial charge in [-0.05, 0) is 50.3 Å². The lowest BCUT2D eigenvalue weighted by atomic mass is 10.0. The number of aryl methyl sites for hydroxylation is 2. The minimum absolute atomic E-state index is 0.231. The summed E-state index contributed by atoms with van der Waals surface area (Å²) < 4.78 is 0. The van der Waals surface area contributed by atoms with E-state index < -0.39 is 5.97 Å². The lowest BCUT2D eigenvalue weighted by Crippen LogP contribution is -2.34. The quantitative estimate of drug-likeness (QED) is 0.907. The number of fused-ring (bicyclic) bond motifs is 1. The fourth-order valence-corrected chi connectivity index (χ4v) is 3.73. The highest BCUT2D eigenvalue weighted by atomic mass is 16.4. The molecule has 0 saturated carbocycles. The van der Waals surface area contributed by atoms with Gasteiger partial charge in [-0.1, -0.05) is 23.8 Å². The lowest BCUT2D eigenvalue weighted by molar-refractivity contribution is -0.138. The molecule has 0 radical (unpaired) electrons. The van der Waals surface area contributed by atoms with Crippen molar-refractivity contribution in [2.75, 3.05) is 6.54 Å². The minimum atomic E-state index is -0.667. The van der Waals surface area contributed by atoms with Gasteiger partial charge in [-0.15, -0.1) is 0 Å². The average Bonchev–Trinajstić information content (AvgIpc) is 2.94. The first-order valence-electron chi connectivity index (χ1n) is 7.22. The molecule has 0 spiro atoms. The van der Waals surface area contributed by atoms with E-state index in [4.69, 9.17) is 5.11 Å². The van der Waals surface area contributed by atoms with Gasteiger partial charge in [0.25, 0.3) is 0 Å². The van der Waals surface area contributed by atoms with Gasteiger partial charge < -0.3 is 5.11 Å². The summed E-state index contributed by atoms with van der Waals surface area (Å²) >= 11 is 0. The predicted octanol–water partition coefficient (Wildman–Crippen LogP) is 2.92. The third-order valence-corrected chi connectivity index (χ3v) is 4.58. The molecule has 102 valence electrons. The monoisotopic (exact) mass is 259 g/mol. The third kappa shape index (κ3) is 2.39. The molecular weight excluding hydrogens is 238 g/mol. The summed E-state index contributed by atoms with van der Waals surface area (Å²) in [6.45, 7) is 3.18. The SMILES string of the molecule is Cc1ccc2c(c1)C(N1CCCC1CC(=O)O)CC2. The van der Waals surface area contributed by atoms with Gasteiger partial charge >= 0.3 is 5.97 Å². The maximum absolute atomic E-state index is 11.0. The Bertz CT molecular complexity index is 498. The highest BCUT2D eigenvalue weighted by Gasteiger charge is 2.35. The van der Waals surface area contributed by atoms with Gasteiger partial charge in [-0.25, -0.2) is 0 Å². The number of carboxylic acids is 1. The van der Waals surface area contributed by atoms with Gasteiger partial charge in [0.2, 0.25) is 0 Å². The zero-order valence-electron chi connectivity index (χ0n) is 11.4. The number of benzene rings is 1. The highest BCUT2D eigenvalue weighted by Crippen LogP contribution is 2.40. The molecule has 1 aromatic carbocycles. The molecule has 2 atom stereocenters. The molecule has 3 heteroatoms. The molecule has 1 heterocycles. The van der Waals surface area contributed by atoms with Crippen LogP contribution in [0.1, 0.15) is 48.4 Å². The van der Waals surface area contributed by atoms with Gasteiger partial charge in [0.15, 0.2) is 0 Å². The van der Waals surface area contributed by atoms with Crippen molar-refractivity contribution < 1.29 is 9.90 Å². The van der Waals surface area contributed by atoms with Crippen molar-refractivity contribution in [1.29, 1.82) is 0 Å². The van der Waals surface area contributed by atoms with E-state index in [1.807, 2.05) is 0 Å². The number of aliphatic carboxylic acids is 1. The Morgan fingerprint density at radius 1 is 1.42 bits per heavy atom. The summed E-state index contributed by atoms with van der Waals surface area (Å²) in [5.74, 6) is -0.667. The van der Waals surface area contributed by atoms with E-state index in [9.17, 15) is 4.79 Å². The molecular formula is C16H21NO2. The first-order chi connectivity index (χ1) is 9.15. The Morgan fingerprint density at radius 3 is 3.05 bits per heavy atom. The maximum Gasteiger partial charge on any atom is 0.304 e. The van der Waals surface area contributed by atoms with Crippen LogP contribution in [-0.4, -0.2) is 28.6 Å². The first-order valence-corrected chi connectivity index (χ1v) is 7.22. The van der Waals surface area contributed by atoms with E-state index in [2.05, 4.69) is 30.0 Å². The topological polar surface area (TPSA) is 40.5 Å². The summed E-state index contributed by atoms with van der Waals surface area (Å²) in [5, 5.41) is 9.05. The molecule has 0 amide bonds. The zero-order valence-corrected chi connectivity index (χ0v) is 11.4. The standard InChI is InChI=1S/C16H21NO2/c1-11-4-5-12-6-7-15(14(12)9-11)17-8-2-3-13(17)10-16(18)19/h4-5,9,13,15H,2-3,6-8,10H2,1H3,(H,18,19). The van der Waals surface area contributed by atoms with E-state index in [0.29, 0.717) is 6.04 Å². The predicted molar refractivity (Wildman–Crippen MR) is 74.2 cm³/mol. The Labute approximate surface area is 114 Å². The Morgan fingerprint density at radius 2 is 2.26 bits per heavy atom. The van der Waals surface area contributed by atoms with E-state index in [1.54, 1.807) is 0 Å². The van der Waals surface area contributed by atoms with Crippen LogP contribution in [0.3, 0.4) is 0 Å². The molecule has 0 bridgehead atoms. The van der Waals surface area contributed by atoms with E-state index >= 15 is 0 Å². The minimum Gasteiger partial charge on any atom is -0.481 e. The normalized spacial score (nSPS) is 26.6. The van der Waals surface area contributed by atoms with Gasteiger partial charge in [0.1, 0.15) is 0 Å². The highest BCUT2D eigenvalue weighted by molar-refractivity contribution is 5.67. The van der Waals surface area contributed by atoms with Gasteiger partial charge in [-0.3, -0.25) is 9.69 Å². The Balaban J connectivity index is 1.84. The first kappa shape index (κ1) is 12.7. The molecule has 1 saturated heterocycles. The van der Waals surface area contributed by atoms with Crippen molar-refractivity contribution in [3.8, 4) is 0 Å². The van der Waals surface area contributed by atoms with E-state index in [0.717, 1.165) is 32.2 Å². The van der Waals surface area contributed by atoms with E-state index in [-0.39, 0.29) is 12.5 Å². The van der Waals surface area contributed by atoms with Crippen LogP contribution in [-0.2, 0) is 11.2 Å². The molecule has 1 aliphatic carbocycles. The van der Waals surface area contributed by atoms with Crippen LogP contribution in [0.15, 0.2) is 18.2 Å². The van der Waals surface area contributed by atoms with Crippen LogP contribution >= 0.6 is 0 Å². The number of rotatable bonds is 3. The summed E-state index contributed by atoms with van der Waals surface area (Å²) in [5.41, 5.74) is 4.20. The van der Waals surface area contributed by atoms with Crippen LogP contribution in [0.5, 0.6) is 0 Å². The van der Waals surface area contributed by atoms with Crippen molar-refractivity contribution in [3.63, 3.8) is 0 Å². The van der Waals surface area contributed by atoms with Crippen molar-refractivity contribution in [3.05, 3.63) is 34.9 Å². The molecule has 1 aliphatic heterocycles. The van der Waals surface area contributed by atoms with Crippen molar-refractivity contribution in [2.45, 2.75) is 51.1 Å². The molecule has 2 aliphatic rings. The molecule has 1 fully saturated rings. The number of likely N-dealkylation sites (tertiary alicyclic amines) is 1. The summed E-state index contributed by atoms with van der Waals surface area (Å²) in [4.78, 5) is 13.4. The van der Waals surface area contributed by atoms with Gasteiger partial charge in [0.05, 0.1) is 6.42 Å². The Kier molecular flexibility index (Phi) is 3.31. The van der Waals surface area contributed by atoms with Gasteiger partial charge in [-0.2, -0.15) is 0 Å². The fraction of sp³-hybridized carbons (Fsp3) is 0.562. The van der Waals surface area contributed by atoms with Crippen LogP contribution in [0.4, 0.5) is 0 Å². The summed E-state index contributed by atoms with van der Waals surface area (Å²) in [7, 11) is 0. The molecule has 3 rings (SSSR count). The van der Waals surface area contributed by atoms with Crippen LogP contribution in [0.25, 0.3) is 0 Å². The van der Waals surface area contributed by atoms with Gasteiger partial charge in [0, 0.05) is 12.1 Å². The number of carboxylic acid groups (broad SMARTS) is 1. The van der Waals surface area contributed by atoms with Crippen LogP contribution in [0, 0.1) is 6.92 Å². The van der Waals surface area contributed by atoms with Crippen molar-refractivity contribution in [2.24, 2.45) is 0 Å². The number of carbonyl (C=O) groups is 1. The molecule has 1 N–H and O–H groups in total. The van der Waals surface area contributed by atoms with Crippen LogP contribution in [0.2, 0.25) is 0 Å². The lowest BCUT2D eigenvalue weighted by Gasteiger charge is -2.30. The summed E-state index contributed by atoms with van der Waals surface area (Å²) in [6.07, 6.45) is 4.74. The third-order valence-electron chi connectivity index (χ3n) is 4.58. The number of hydrogen-bond acceptors (Lipinski definition) is 2. The maximum atomic E-state index is 11.0. The fourth-order valence-electron chi connectivity index (χ4n) is 3.73. The van der Waals surface area contributed by atoms with Crippen molar-refractivity contribution >= 4 is 5.97 Å². The Hall–Kier alpha value is -1.35. The second kappa shape index (κ2) is 4.97. The molecule has 1 aromatic rings. The second-order valence-corrected chi connectivity index (χ2v) is 5.89. The molecule has 0 aromatic heterocycles. The number of nitrogens with zero attached hydrogens (tertiary/aromatic N) is 1. The molecule has 19 heavy (non-hydrogen) atoms. The second-order valence-electron chi connectivity index (χ2n) is 5.89. The average molecular weight is 259 g/mol. The molecule has 3 nitrogen and oxygen atoms in total. The molecule has 2 unspecified atom stereocenters. The van der Waals surface area contributed by atoms with Crippen molar-refractivity contribution in [1.82, 2.24) is 4.90 Å². The summed E-state index contributed by atoms with van der Waals surface area (Å²) in [6, 6.07) is 7.39. The largest absolute Gasteiger partial charge is 0.481 e. The number of hydrogen-bond donors (Lipinski definition) is 1. The van der Waals surface area contributed by atoms with E-state index in [1.165, 1.54) is 16.7 Å². The zero-order chi connectivity index (χ0) is 13.4. The smallest absolute Gasteiger partial charge is 0.304 e.